The first-order valence-corrected chi connectivity index (χ1v) is 6.49. The molecule has 2 aromatic rings. The van der Waals surface area contributed by atoms with Crippen LogP contribution in [0.25, 0.3) is 0 Å². The van der Waals surface area contributed by atoms with Crippen molar-refractivity contribution < 1.29 is 4.79 Å². The van der Waals surface area contributed by atoms with Gasteiger partial charge in [0, 0.05) is 18.4 Å². The van der Waals surface area contributed by atoms with E-state index < -0.39 is 0 Å². The Bertz CT molecular complexity index is 584. The summed E-state index contributed by atoms with van der Waals surface area (Å²) in [6.07, 6.45) is 0. The predicted molar refractivity (Wildman–Crippen MR) is 77.2 cm³/mol. The number of amides is 1. The van der Waals surface area contributed by atoms with Crippen LogP contribution in [0.4, 0.5) is 0 Å². The molecule has 1 N–H and O–H groups in total. The van der Waals surface area contributed by atoms with Gasteiger partial charge in [-0.2, -0.15) is 0 Å². The Morgan fingerprint density at radius 1 is 1.21 bits per heavy atom. The van der Waals surface area contributed by atoms with Crippen LogP contribution in [0.3, 0.4) is 0 Å². The molecule has 0 aliphatic carbocycles. The molecule has 0 aliphatic heterocycles. The molecule has 2 rings (SSSR count). The van der Waals surface area contributed by atoms with Crippen molar-refractivity contribution in [2.75, 3.05) is 0 Å². The van der Waals surface area contributed by atoms with E-state index in [0.717, 1.165) is 22.5 Å². The van der Waals surface area contributed by atoms with Crippen molar-refractivity contribution in [1.29, 1.82) is 0 Å². The number of carbonyl (C=O) groups excluding carboxylic acids is 1. The standard InChI is InChI=1S/C16H20N2O/c1-11-10-15(13(3)18(11)4)16(19)17-12(2)14-8-6-5-7-9-14/h5-10,12H,1-4H3,(H,17,19)/t12-/m0/s1. The number of carbonyl (C=O) groups is 1. The lowest BCUT2D eigenvalue weighted by atomic mass is 10.1. The summed E-state index contributed by atoms with van der Waals surface area (Å²) in [4.78, 5) is 12.3. The highest BCUT2D eigenvalue weighted by Crippen LogP contribution is 2.16. The summed E-state index contributed by atoms with van der Waals surface area (Å²) < 4.78 is 2.03. The third-order valence-electron chi connectivity index (χ3n) is 3.67. The zero-order chi connectivity index (χ0) is 14.0. The van der Waals surface area contributed by atoms with Crippen molar-refractivity contribution in [2.24, 2.45) is 7.05 Å². The molecule has 0 aliphatic rings. The second kappa shape index (κ2) is 5.31. The number of aromatic nitrogens is 1. The minimum atomic E-state index is -0.0162. The Morgan fingerprint density at radius 3 is 2.37 bits per heavy atom. The molecule has 0 bridgehead atoms. The van der Waals surface area contributed by atoms with Crippen LogP contribution in [-0.4, -0.2) is 10.5 Å². The molecule has 0 radical (unpaired) electrons. The van der Waals surface area contributed by atoms with E-state index in [1.165, 1.54) is 0 Å². The molecule has 0 saturated carbocycles. The molecule has 3 heteroatoms. The van der Waals surface area contributed by atoms with E-state index in [9.17, 15) is 4.79 Å². The Hall–Kier alpha value is -2.03. The number of nitrogens with one attached hydrogen (secondary N) is 1. The lowest BCUT2D eigenvalue weighted by Gasteiger charge is -2.14. The maximum absolute atomic E-state index is 12.3. The first-order valence-electron chi connectivity index (χ1n) is 6.49. The van der Waals surface area contributed by atoms with E-state index in [1.54, 1.807) is 0 Å². The van der Waals surface area contributed by atoms with Crippen LogP contribution in [0.5, 0.6) is 0 Å². The van der Waals surface area contributed by atoms with Gasteiger partial charge in [-0.25, -0.2) is 0 Å². The second-order valence-corrected chi connectivity index (χ2v) is 4.95. The number of rotatable bonds is 3. The lowest BCUT2D eigenvalue weighted by molar-refractivity contribution is 0.0939. The molecular weight excluding hydrogens is 236 g/mol. The Labute approximate surface area is 114 Å². The van der Waals surface area contributed by atoms with Gasteiger partial charge >= 0.3 is 0 Å². The Morgan fingerprint density at radius 2 is 1.84 bits per heavy atom. The largest absolute Gasteiger partial charge is 0.351 e. The van der Waals surface area contributed by atoms with Crippen molar-refractivity contribution in [3.8, 4) is 0 Å². The molecular formula is C16H20N2O. The number of aryl methyl sites for hydroxylation is 1. The normalized spacial score (nSPS) is 12.2. The van der Waals surface area contributed by atoms with E-state index in [0.29, 0.717) is 0 Å². The van der Waals surface area contributed by atoms with E-state index in [4.69, 9.17) is 0 Å². The summed E-state index contributed by atoms with van der Waals surface area (Å²) in [6, 6.07) is 11.9. The van der Waals surface area contributed by atoms with Gasteiger partial charge in [0.25, 0.3) is 5.91 Å². The highest BCUT2D eigenvalue weighted by Gasteiger charge is 2.16. The fourth-order valence-electron chi connectivity index (χ4n) is 2.18. The van der Waals surface area contributed by atoms with Crippen molar-refractivity contribution in [3.05, 3.63) is 58.9 Å². The number of nitrogens with zero attached hydrogens (tertiary/aromatic N) is 1. The molecule has 1 aromatic heterocycles. The van der Waals surface area contributed by atoms with Crippen LogP contribution in [0.15, 0.2) is 36.4 Å². The molecule has 3 nitrogen and oxygen atoms in total. The first-order chi connectivity index (χ1) is 9.00. The smallest absolute Gasteiger partial charge is 0.253 e. The van der Waals surface area contributed by atoms with Crippen molar-refractivity contribution in [1.82, 2.24) is 9.88 Å². The SMILES string of the molecule is Cc1cc(C(=O)N[C@@H](C)c2ccccc2)c(C)n1C. The van der Waals surface area contributed by atoms with Crippen LogP contribution in [0.1, 0.15) is 40.3 Å². The van der Waals surface area contributed by atoms with Crippen molar-refractivity contribution in [3.63, 3.8) is 0 Å². The molecule has 19 heavy (non-hydrogen) atoms. The minimum Gasteiger partial charge on any atom is -0.351 e. The summed E-state index contributed by atoms with van der Waals surface area (Å²) in [5.41, 5.74) is 3.95. The van der Waals surface area contributed by atoms with Gasteiger partial charge in [0.15, 0.2) is 0 Å². The highest BCUT2D eigenvalue weighted by atomic mass is 16.1. The van der Waals surface area contributed by atoms with Gasteiger partial charge in [0.1, 0.15) is 0 Å². The van der Waals surface area contributed by atoms with Crippen LogP contribution in [0, 0.1) is 13.8 Å². The van der Waals surface area contributed by atoms with Crippen LogP contribution in [-0.2, 0) is 7.05 Å². The fourth-order valence-corrected chi connectivity index (χ4v) is 2.18. The van der Waals surface area contributed by atoms with Crippen LogP contribution in [0.2, 0.25) is 0 Å². The lowest BCUT2D eigenvalue weighted by Crippen LogP contribution is -2.27. The van der Waals surface area contributed by atoms with Gasteiger partial charge in [-0.1, -0.05) is 30.3 Å². The van der Waals surface area contributed by atoms with E-state index >= 15 is 0 Å². The average molecular weight is 256 g/mol. The molecule has 1 atom stereocenters. The fraction of sp³-hybridized carbons (Fsp3) is 0.312. The molecule has 1 amide bonds. The molecule has 1 heterocycles. The number of hydrogen-bond acceptors (Lipinski definition) is 1. The molecule has 0 spiro atoms. The van der Waals surface area contributed by atoms with E-state index in [-0.39, 0.29) is 11.9 Å². The zero-order valence-electron chi connectivity index (χ0n) is 11.9. The average Bonchev–Trinajstić information content (AvgIpc) is 2.67. The molecule has 0 unspecified atom stereocenters. The third kappa shape index (κ3) is 2.70. The second-order valence-electron chi connectivity index (χ2n) is 4.95. The maximum Gasteiger partial charge on any atom is 0.253 e. The minimum absolute atomic E-state index is 0.00797. The van der Waals surface area contributed by atoms with Crippen molar-refractivity contribution in [2.45, 2.75) is 26.8 Å². The van der Waals surface area contributed by atoms with Crippen molar-refractivity contribution >= 4 is 5.91 Å². The van der Waals surface area contributed by atoms with Gasteiger partial charge in [0.2, 0.25) is 0 Å². The highest BCUT2D eigenvalue weighted by molar-refractivity contribution is 5.95. The Kier molecular flexibility index (Phi) is 3.74. The van der Waals surface area contributed by atoms with Gasteiger partial charge in [0.05, 0.1) is 11.6 Å². The molecule has 0 saturated heterocycles. The summed E-state index contributed by atoms with van der Waals surface area (Å²) in [5, 5.41) is 3.04. The van der Waals surface area contributed by atoms with E-state index in [2.05, 4.69) is 5.32 Å². The zero-order valence-corrected chi connectivity index (χ0v) is 11.9. The first kappa shape index (κ1) is 13.4. The Balaban J connectivity index is 2.15. The van der Waals surface area contributed by atoms with Gasteiger partial charge in [-0.05, 0) is 32.4 Å². The molecule has 100 valence electrons. The summed E-state index contributed by atoms with van der Waals surface area (Å²) in [6.45, 7) is 5.97. The van der Waals surface area contributed by atoms with Crippen LogP contribution < -0.4 is 5.32 Å². The summed E-state index contributed by atoms with van der Waals surface area (Å²) >= 11 is 0. The monoisotopic (exact) mass is 256 g/mol. The summed E-state index contributed by atoms with van der Waals surface area (Å²) in [7, 11) is 1.97. The van der Waals surface area contributed by atoms with E-state index in [1.807, 2.05) is 68.8 Å². The van der Waals surface area contributed by atoms with Gasteiger partial charge in [-0.15, -0.1) is 0 Å². The number of benzene rings is 1. The van der Waals surface area contributed by atoms with Gasteiger partial charge in [-0.3, -0.25) is 4.79 Å². The molecule has 0 fully saturated rings. The number of hydrogen-bond donors (Lipinski definition) is 1. The van der Waals surface area contributed by atoms with Gasteiger partial charge < -0.3 is 9.88 Å². The van der Waals surface area contributed by atoms with Crippen LogP contribution >= 0.6 is 0 Å². The predicted octanol–water partition coefficient (Wildman–Crippen LogP) is 3.13. The third-order valence-corrected chi connectivity index (χ3v) is 3.67. The summed E-state index contributed by atoms with van der Waals surface area (Å²) in [5.74, 6) is -0.0162. The molecule has 1 aromatic carbocycles. The topological polar surface area (TPSA) is 34.0 Å². The quantitative estimate of drug-likeness (QED) is 0.899. The maximum atomic E-state index is 12.3.